The summed E-state index contributed by atoms with van der Waals surface area (Å²) in [5.74, 6) is 0.735. The molecule has 1 amide bonds. The zero-order valence-corrected chi connectivity index (χ0v) is 17.2. The zero-order chi connectivity index (χ0) is 20.7. The lowest BCUT2D eigenvalue weighted by Crippen LogP contribution is -2.26. The van der Waals surface area contributed by atoms with Gasteiger partial charge in [-0.15, -0.1) is 0 Å². The van der Waals surface area contributed by atoms with Crippen molar-refractivity contribution in [3.63, 3.8) is 0 Å². The molecule has 0 aliphatic carbocycles. The summed E-state index contributed by atoms with van der Waals surface area (Å²) in [5.41, 5.74) is 3.38. The Morgan fingerprint density at radius 3 is 2.93 bits per heavy atom. The van der Waals surface area contributed by atoms with Crippen molar-refractivity contribution < 1.29 is 14.3 Å². The van der Waals surface area contributed by atoms with Gasteiger partial charge in [0.2, 0.25) is 11.8 Å². The summed E-state index contributed by atoms with van der Waals surface area (Å²) in [6.45, 7) is 4.16. The number of amides is 1. The fourth-order valence-electron chi connectivity index (χ4n) is 4.22. The highest BCUT2D eigenvalue weighted by Gasteiger charge is 2.29. The van der Waals surface area contributed by atoms with Crippen molar-refractivity contribution in [1.29, 1.82) is 0 Å². The minimum Gasteiger partial charge on any atom is -0.473 e. The molecule has 0 spiro atoms. The van der Waals surface area contributed by atoms with E-state index in [0.717, 1.165) is 48.3 Å². The number of fused-ring (bicyclic) bond motifs is 1. The maximum atomic E-state index is 11.6. The van der Waals surface area contributed by atoms with E-state index in [0.29, 0.717) is 24.9 Å². The molecule has 5 rings (SSSR count). The zero-order valence-electron chi connectivity index (χ0n) is 17.2. The van der Waals surface area contributed by atoms with Crippen LogP contribution in [0.15, 0.2) is 24.8 Å². The van der Waals surface area contributed by atoms with Gasteiger partial charge in [-0.2, -0.15) is 5.10 Å². The first-order valence-electron chi connectivity index (χ1n) is 10.5. The highest BCUT2D eigenvalue weighted by Crippen LogP contribution is 2.31. The Morgan fingerprint density at radius 2 is 2.17 bits per heavy atom. The maximum Gasteiger partial charge on any atom is 0.241 e. The molecule has 30 heavy (non-hydrogen) atoms. The summed E-state index contributed by atoms with van der Waals surface area (Å²) in [6.07, 6.45) is 7.92. The van der Waals surface area contributed by atoms with Crippen molar-refractivity contribution in [2.75, 3.05) is 19.8 Å². The maximum absolute atomic E-state index is 11.6. The number of rotatable bonds is 5. The van der Waals surface area contributed by atoms with Gasteiger partial charge < -0.3 is 19.4 Å². The Labute approximate surface area is 174 Å². The number of pyridine rings is 1. The van der Waals surface area contributed by atoms with Crippen LogP contribution in [-0.2, 0) is 16.6 Å². The number of hydrogen-bond acceptors (Lipinski definition) is 6. The molecule has 9 nitrogen and oxygen atoms in total. The van der Waals surface area contributed by atoms with E-state index in [2.05, 4.69) is 15.4 Å². The van der Waals surface area contributed by atoms with E-state index in [9.17, 15) is 4.79 Å². The van der Waals surface area contributed by atoms with Crippen LogP contribution < -0.4 is 10.1 Å². The molecule has 0 bridgehead atoms. The first-order valence-corrected chi connectivity index (χ1v) is 10.5. The fraction of sp³-hybridized carbons (Fsp3) is 0.524. The molecule has 2 aliphatic heterocycles. The smallest absolute Gasteiger partial charge is 0.241 e. The molecule has 2 fully saturated rings. The van der Waals surface area contributed by atoms with Gasteiger partial charge in [0, 0.05) is 50.9 Å². The second-order valence-electron chi connectivity index (χ2n) is 8.18. The minimum atomic E-state index is -0.144. The third-order valence-corrected chi connectivity index (χ3v) is 6.10. The summed E-state index contributed by atoms with van der Waals surface area (Å²) in [5, 5.41) is 7.45. The molecule has 2 saturated heterocycles. The lowest BCUT2D eigenvalue weighted by Gasteiger charge is -2.22. The quantitative estimate of drug-likeness (QED) is 0.692. The van der Waals surface area contributed by atoms with Crippen LogP contribution in [0.1, 0.15) is 32.2 Å². The van der Waals surface area contributed by atoms with Crippen molar-refractivity contribution in [2.24, 2.45) is 13.0 Å². The number of nitrogens with one attached hydrogen (secondary N) is 1. The number of aryl methyl sites for hydroxylation is 1. The molecule has 1 unspecified atom stereocenters. The van der Waals surface area contributed by atoms with Crippen molar-refractivity contribution in [3.05, 3.63) is 24.8 Å². The molecule has 0 saturated carbocycles. The molecule has 0 radical (unpaired) electrons. The Morgan fingerprint density at radius 1 is 1.33 bits per heavy atom. The Hall–Kier alpha value is -2.94. The van der Waals surface area contributed by atoms with E-state index in [1.165, 1.54) is 0 Å². The molecule has 2 atom stereocenters. The van der Waals surface area contributed by atoms with E-state index in [-0.39, 0.29) is 17.9 Å². The molecule has 2 aliphatic rings. The second-order valence-corrected chi connectivity index (χ2v) is 8.18. The molecular formula is C21H26N6O3. The summed E-state index contributed by atoms with van der Waals surface area (Å²) in [7, 11) is 1.93. The predicted molar refractivity (Wildman–Crippen MR) is 110 cm³/mol. The molecule has 3 aromatic heterocycles. The third-order valence-electron chi connectivity index (χ3n) is 6.10. The number of nitrogens with zero attached hydrogens (tertiary/aromatic N) is 5. The van der Waals surface area contributed by atoms with Crippen molar-refractivity contribution in [3.8, 4) is 17.1 Å². The highest BCUT2D eigenvalue weighted by atomic mass is 16.5. The van der Waals surface area contributed by atoms with Crippen LogP contribution in [0.4, 0.5) is 0 Å². The number of imidazole rings is 1. The van der Waals surface area contributed by atoms with Gasteiger partial charge in [0.1, 0.15) is 11.6 Å². The molecule has 9 heteroatoms. The molecule has 1 N–H and O–H groups in total. The van der Waals surface area contributed by atoms with Crippen LogP contribution in [0.5, 0.6) is 5.88 Å². The monoisotopic (exact) mass is 410 g/mol. The average Bonchev–Trinajstić information content (AvgIpc) is 3.49. The first kappa shape index (κ1) is 19.0. The molecule has 0 aromatic carbocycles. The largest absolute Gasteiger partial charge is 0.473 e. The lowest BCUT2D eigenvalue weighted by molar-refractivity contribution is -0.119. The van der Waals surface area contributed by atoms with Gasteiger partial charge in [-0.05, 0) is 25.8 Å². The SMILES string of the molecule is C[C@@H](Oc1nc(-c2cnn(C3CCOCC3)c2)cc2ncn(C)c12)C1CNC(=O)C1. The molecule has 5 heterocycles. The summed E-state index contributed by atoms with van der Waals surface area (Å²) in [6, 6.07) is 2.33. The topological polar surface area (TPSA) is 96.1 Å². The Kier molecular flexibility index (Phi) is 4.90. The number of aromatic nitrogens is 5. The third kappa shape index (κ3) is 3.54. The first-order chi connectivity index (χ1) is 14.6. The predicted octanol–water partition coefficient (Wildman–Crippen LogP) is 2.09. The van der Waals surface area contributed by atoms with Gasteiger partial charge in [-0.3, -0.25) is 9.48 Å². The number of carbonyl (C=O) groups excluding carboxylic acids is 1. The summed E-state index contributed by atoms with van der Waals surface area (Å²) >= 11 is 0. The van der Waals surface area contributed by atoms with Crippen molar-refractivity contribution >= 4 is 16.9 Å². The summed E-state index contributed by atoms with van der Waals surface area (Å²) in [4.78, 5) is 20.9. The van der Waals surface area contributed by atoms with Gasteiger partial charge in [-0.1, -0.05) is 0 Å². The number of carbonyl (C=O) groups is 1. The van der Waals surface area contributed by atoms with Gasteiger partial charge in [0.05, 0.1) is 29.8 Å². The second kappa shape index (κ2) is 7.71. The highest BCUT2D eigenvalue weighted by molar-refractivity contribution is 5.84. The minimum absolute atomic E-state index is 0.0726. The van der Waals surface area contributed by atoms with Crippen molar-refractivity contribution in [1.82, 2.24) is 29.6 Å². The van der Waals surface area contributed by atoms with Crippen LogP contribution in [0, 0.1) is 5.92 Å². The number of ether oxygens (including phenoxy) is 2. The van der Waals surface area contributed by atoms with E-state index in [1.807, 2.05) is 41.7 Å². The Bertz CT molecular complexity index is 1070. The van der Waals surface area contributed by atoms with Gasteiger partial charge in [0.25, 0.3) is 0 Å². The van der Waals surface area contributed by atoms with Crippen LogP contribution >= 0.6 is 0 Å². The van der Waals surface area contributed by atoms with E-state index in [1.54, 1.807) is 6.33 Å². The van der Waals surface area contributed by atoms with Gasteiger partial charge in [0.15, 0.2) is 0 Å². The standard InChI is InChI=1S/C21H26N6O3/c1-13(14-7-19(28)22-9-14)30-21-20-18(23-12-26(20)2)8-17(25-21)15-10-24-27(11-15)16-3-5-29-6-4-16/h8,10-14,16H,3-7,9H2,1-2H3,(H,22,28)/t13-,14?/m1/s1. The summed E-state index contributed by atoms with van der Waals surface area (Å²) < 4.78 is 15.7. The molecule has 158 valence electrons. The van der Waals surface area contributed by atoms with Crippen LogP contribution in [-0.4, -0.2) is 56.1 Å². The normalized spacial score (nSPS) is 21.1. The van der Waals surface area contributed by atoms with Gasteiger partial charge in [-0.25, -0.2) is 9.97 Å². The number of hydrogen-bond donors (Lipinski definition) is 1. The molecular weight excluding hydrogens is 384 g/mol. The van der Waals surface area contributed by atoms with Crippen molar-refractivity contribution in [2.45, 2.75) is 38.3 Å². The lowest BCUT2D eigenvalue weighted by atomic mass is 10.0. The average molecular weight is 410 g/mol. The van der Waals surface area contributed by atoms with Crippen LogP contribution in [0.25, 0.3) is 22.3 Å². The fourth-order valence-corrected chi connectivity index (χ4v) is 4.22. The Balaban J connectivity index is 1.46. The van der Waals surface area contributed by atoms with Crippen LogP contribution in [0.3, 0.4) is 0 Å². The van der Waals surface area contributed by atoms with Crippen LogP contribution in [0.2, 0.25) is 0 Å². The van der Waals surface area contributed by atoms with Gasteiger partial charge >= 0.3 is 0 Å². The van der Waals surface area contributed by atoms with E-state index >= 15 is 0 Å². The van der Waals surface area contributed by atoms with E-state index < -0.39 is 0 Å². The molecule has 3 aromatic rings. The van der Waals surface area contributed by atoms with E-state index in [4.69, 9.17) is 14.5 Å².